The van der Waals surface area contributed by atoms with Crippen molar-refractivity contribution in [1.82, 2.24) is 14.7 Å². The van der Waals surface area contributed by atoms with Gasteiger partial charge in [-0.2, -0.15) is 5.10 Å². The largest absolute Gasteiger partial charge is 0.370 e. The van der Waals surface area contributed by atoms with Crippen LogP contribution in [-0.4, -0.2) is 34.2 Å². The van der Waals surface area contributed by atoms with Gasteiger partial charge in [0.2, 0.25) is 0 Å². The van der Waals surface area contributed by atoms with E-state index in [4.69, 9.17) is 5.73 Å². The lowest BCUT2D eigenvalue weighted by molar-refractivity contribution is 0.414. The van der Waals surface area contributed by atoms with Gasteiger partial charge in [0.15, 0.2) is 5.96 Å². The van der Waals surface area contributed by atoms with E-state index in [0.29, 0.717) is 12.5 Å². The molecule has 0 bridgehead atoms. The van der Waals surface area contributed by atoms with Gasteiger partial charge in [-0.25, -0.2) is 4.68 Å². The molecule has 1 aliphatic heterocycles. The molecule has 0 saturated carbocycles. The Morgan fingerprint density at radius 3 is 2.72 bits per heavy atom. The van der Waals surface area contributed by atoms with Crippen molar-refractivity contribution in [3.05, 3.63) is 48.3 Å². The average molecular weight is 241 g/mol. The highest BCUT2D eigenvalue weighted by Gasteiger charge is 2.25. The number of nitrogens with zero attached hydrogens (tertiary/aromatic N) is 4. The molecular weight excluding hydrogens is 226 g/mol. The Labute approximate surface area is 106 Å². The molecule has 18 heavy (non-hydrogen) atoms. The first kappa shape index (κ1) is 10.8. The van der Waals surface area contributed by atoms with E-state index in [2.05, 4.69) is 10.1 Å². The summed E-state index contributed by atoms with van der Waals surface area (Å²) in [6.07, 6.45) is 3.91. The second-order valence-corrected chi connectivity index (χ2v) is 4.38. The van der Waals surface area contributed by atoms with Gasteiger partial charge in [0.05, 0.1) is 24.5 Å². The van der Waals surface area contributed by atoms with Gasteiger partial charge in [0.25, 0.3) is 0 Å². The molecule has 2 N–H and O–H groups in total. The molecule has 1 aromatic heterocycles. The van der Waals surface area contributed by atoms with Crippen molar-refractivity contribution in [3.8, 4) is 5.69 Å². The van der Waals surface area contributed by atoms with Crippen LogP contribution >= 0.6 is 0 Å². The highest BCUT2D eigenvalue weighted by molar-refractivity contribution is 5.80. The van der Waals surface area contributed by atoms with Gasteiger partial charge in [0, 0.05) is 18.8 Å². The summed E-state index contributed by atoms with van der Waals surface area (Å²) < 4.78 is 1.87. The Bertz CT molecular complexity index is 572. The molecule has 5 nitrogen and oxygen atoms in total. The second-order valence-electron chi connectivity index (χ2n) is 4.38. The van der Waals surface area contributed by atoms with Crippen LogP contribution in [0.4, 0.5) is 0 Å². The molecule has 5 heteroatoms. The summed E-state index contributed by atoms with van der Waals surface area (Å²) in [5, 5.41) is 4.39. The van der Waals surface area contributed by atoms with Crippen molar-refractivity contribution >= 4 is 5.96 Å². The summed E-state index contributed by atoms with van der Waals surface area (Å²) in [5.74, 6) is 0.590. The zero-order valence-electron chi connectivity index (χ0n) is 10.2. The fourth-order valence-electron chi connectivity index (χ4n) is 2.13. The molecule has 1 atom stereocenters. The van der Waals surface area contributed by atoms with Crippen molar-refractivity contribution in [2.24, 2.45) is 10.7 Å². The fraction of sp³-hybridized carbons (Fsp3) is 0.231. The zero-order valence-corrected chi connectivity index (χ0v) is 10.2. The lowest BCUT2D eigenvalue weighted by atomic mass is 10.1. The van der Waals surface area contributed by atoms with Gasteiger partial charge >= 0.3 is 0 Å². The maximum absolute atomic E-state index is 5.77. The van der Waals surface area contributed by atoms with Crippen LogP contribution in [0.2, 0.25) is 0 Å². The number of hydrogen-bond acceptors (Lipinski definition) is 4. The van der Waals surface area contributed by atoms with Crippen LogP contribution in [0.3, 0.4) is 0 Å². The van der Waals surface area contributed by atoms with Crippen LogP contribution in [0.25, 0.3) is 5.69 Å². The lowest BCUT2D eigenvalue weighted by Crippen LogP contribution is -2.32. The minimum atomic E-state index is 0.197. The standard InChI is InChI=1S/C13H15N5/c1-17-12(8-15-13(17)14)10-7-16-18(9-10)11-5-3-2-4-6-11/h2-7,9,12H,8H2,1H3,(H2,14,15). The third-order valence-corrected chi connectivity index (χ3v) is 3.26. The van der Waals surface area contributed by atoms with Crippen LogP contribution in [0, 0.1) is 0 Å². The van der Waals surface area contributed by atoms with Gasteiger partial charge in [-0.05, 0) is 12.1 Å². The molecular formula is C13H15N5. The number of guanidine groups is 1. The second kappa shape index (κ2) is 4.18. The molecule has 2 heterocycles. The first-order valence-corrected chi connectivity index (χ1v) is 5.88. The number of para-hydroxylation sites is 1. The van der Waals surface area contributed by atoms with Crippen molar-refractivity contribution in [3.63, 3.8) is 0 Å². The number of rotatable bonds is 2. The molecule has 0 radical (unpaired) electrons. The van der Waals surface area contributed by atoms with Gasteiger partial charge in [-0.1, -0.05) is 18.2 Å². The molecule has 92 valence electrons. The Morgan fingerprint density at radius 2 is 2.06 bits per heavy atom. The topological polar surface area (TPSA) is 59.4 Å². The predicted octanol–water partition coefficient (Wildman–Crippen LogP) is 1.17. The first-order chi connectivity index (χ1) is 8.75. The molecule has 1 unspecified atom stereocenters. The van der Waals surface area contributed by atoms with Crippen LogP contribution in [0.1, 0.15) is 11.6 Å². The number of nitrogens with two attached hydrogens (primary N) is 1. The lowest BCUT2D eigenvalue weighted by Gasteiger charge is -2.19. The van der Waals surface area contributed by atoms with Crippen LogP contribution < -0.4 is 5.73 Å². The summed E-state index contributed by atoms with van der Waals surface area (Å²) in [6.45, 7) is 0.697. The Morgan fingerprint density at radius 1 is 1.28 bits per heavy atom. The van der Waals surface area contributed by atoms with Gasteiger partial charge < -0.3 is 10.6 Å². The van der Waals surface area contributed by atoms with E-state index in [1.165, 1.54) is 0 Å². The normalized spacial score (nSPS) is 19.1. The van der Waals surface area contributed by atoms with E-state index in [1.54, 1.807) is 0 Å². The third kappa shape index (κ3) is 1.73. The summed E-state index contributed by atoms with van der Waals surface area (Å²) in [7, 11) is 1.95. The Kier molecular flexibility index (Phi) is 2.51. The summed E-state index contributed by atoms with van der Waals surface area (Å²) in [5.41, 5.74) is 7.96. The molecule has 0 fully saturated rings. The number of likely N-dealkylation sites (N-methyl/N-ethyl adjacent to an activating group) is 1. The van der Waals surface area contributed by atoms with Gasteiger partial charge in [-0.3, -0.25) is 4.99 Å². The molecule has 0 aliphatic carbocycles. The fourth-order valence-corrected chi connectivity index (χ4v) is 2.13. The maximum Gasteiger partial charge on any atom is 0.191 e. The van der Waals surface area contributed by atoms with Crippen LogP contribution in [-0.2, 0) is 0 Å². The third-order valence-electron chi connectivity index (χ3n) is 3.26. The SMILES string of the molecule is CN1C(N)=NCC1c1cnn(-c2ccccc2)c1. The van der Waals surface area contributed by atoms with Gasteiger partial charge in [0.1, 0.15) is 0 Å². The molecule has 3 rings (SSSR count). The molecule has 1 aromatic carbocycles. The zero-order chi connectivity index (χ0) is 12.5. The molecule has 0 saturated heterocycles. The van der Waals surface area contributed by atoms with Crippen molar-refractivity contribution < 1.29 is 0 Å². The van der Waals surface area contributed by atoms with Crippen LogP contribution in [0.15, 0.2) is 47.7 Å². The van der Waals surface area contributed by atoms with Crippen LogP contribution in [0.5, 0.6) is 0 Å². The summed E-state index contributed by atoms with van der Waals surface area (Å²) in [4.78, 5) is 6.22. The molecule has 0 spiro atoms. The summed E-state index contributed by atoms with van der Waals surface area (Å²) in [6, 6.07) is 10.2. The summed E-state index contributed by atoms with van der Waals surface area (Å²) >= 11 is 0. The average Bonchev–Trinajstić information content (AvgIpc) is 3.00. The van der Waals surface area contributed by atoms with Gasteiger partial charge in [-0.15, -0.1) is 0 Å². The van der Waals surface area contributed by atoms with E-state index in [0.717, 1.165) is 11.3 Å². The van der Waals surface area contributed by atoms with E-state index >= 15 is 0 Å². The Hall–Kier alpha value is -2.30. The van der Waals surface area contributed by atoms with Crippen molar-refractivity contribution in [2.75, 3.05) is 13.6 Å². The highest BCUT2D eigenvalue weighted by Crippen LogP contribution is 2.23. The van der Waals surface area contributed by atoms with Crippen molar-refractivity contribution in [1.29, 1.82) is 0 Å². The monoisotopic (exact) mass is 241 g/mol. The smallest absolute Gasteiger partial charge is 0.191 e. The molecule has 1 aliphatic rings. The number of hydrogen-bond donors (Lipinski definition) is 1. The number of aromatic nitrogens is 2. The number of aliphatic imine (C=N–C) groups is 1. The van der Waals surface area contributed by atoms with E-state index < -0.39 is 0 Å². The quantitative estimate of drug-likeness (QED) is 0.858. The van der Waals surface area contributed by atoms with E-state index in [1.807, 2.05) is 59.4 Å². The highest BCUT2D eigenvalue weighted by atomic mass is 15.3. The maximum atomic E-state index is 5.77. The predicted molar refractivity (Wildman–Crippen MR) is 70.6 cm³/mol. The van der Waals surface area contributed by atoms with Crippen molar-refractivity contribution in [2.45, 2.75) is 6.04 Å². The minimum absolute atomic E-state index is 0.197. The molecule has 0 amide bonds. The minimum Gasteiger partial charge on any atom is -0.370 e. The van der Waals surface area contributed by atoms with E-state index in [9.17, 15) is 0 Å². The number of benzene rings is 1. The molecule has 2 aromatic rings. The van der Waals surface area contributed by atoms with E-state index in [-0.39, 0.29) is 6.04 Å². The first-order valence-electron chi connectivity index (χ1n) is 5.88. The Balaban J connectivity index is 1.87.